The molecule has 1 aliphatic rings. The second-order valence-corrected chi connectivity index (χ2v) is 7.14. The summed E-state index contributed by atoms with van der Waals surface area (Å²) in [6, 6.07) is 4.91. The van der Waals surface area contributed by atoms with Gasteiger partial charge in [-0.2, -0.15) is 0 Å². The van der Waals surface area contributed by atoms with Crippen LogP contribution in [0.5, 0.6) is 0 Å². The highest BCUT2D eigenvalue weighted by atomic mass is 28.3. The molecule has 0 nitrogen and oxygen atoms in total. The van der Waals surface area contributed by atoms with Gasteiger partial charge in [-0.3, -0.25) is 0 Å². The molecule has 1 heterocycles. The molecule has 0 aliphatic carbocycles. The molecule has 0 spiro atoms. The smallest absolute Gasteiger partial charge is 0.0370 e. The maximum Gasteiger partial charge on any atom is 0.0370 e. The zero-order chi connectivity index (χ0) is 6.69. The van der Waals surface area contributed by atoms with Gasteiger partial charge in [-0.15, -0.1) is 0 Å². The van der Waals surface area contributed by atoms with Crippen molar-refractivity contribution in [2.75, 3.05) is 0 Å². The predicted molar refractivity (Wildman–Crippen MR) is 45.6 cm³/mol. The normalized spacial score (nSPS) is 21.7. The van der Waals surface area contributed by atoms with Crippen LogP contribution in [0.2, 0.25) is 18.1 Å². The highest BCUT2D eigenvalue weighted by Crippen LogP contribution is 2.24. The van der Waals surface area contributed by atoms with E-state index < -0.39 is 0 Å². The van der Waals surface area contributed by atoms with Crippen molar-refractivity contribution in [3.63, 3.8) is 0 Å². The molecule has 0 bridgehead atoms. The summed E-state index contributed by atoms with van der Waals surface area (Å²) < 4.78 is 0. The van der Waals surface area contributed by atoms with Gasteiger partial charge in [0, 0.05) is 8.80 Å². The molecule has 1 aliphatic heterocycles. The molecule has 54 valence electrons. The Morgan fingerprint density at radius 2 is 1.78 bits per heavy atom. The number of rotatable bonds is 2. The van der Waals surface area contributed by atoms with E-state index in [1.54, 1.807) is 31.0 Å². The third-order valence-electron chi connectivity index (χ3n) is 2.28. The molecule has 1 fully saturated rings. The van der Waals surface area contributed by atoms with Crippen LogP contribution in [0.4, 0.5) is 0 Å². The summed E-state index contributed by atoms with van der Waals surface area (Å²) in [5.41, 5.74) is 0. The van der Waals surface area contributed by atoms with Gasteiger partial charge in [0.15, 0.2) is 0 Å². The molecule has 0 saturated carbocycles. The first-order chi connectivity index (χ1) is 4.29. The maximum atomic E-state index is 2.37. The SMILES string of the molecule is CC(C)C[SiH]1CCCC1. The molecular formula is C8H18Si. The maximum absolute atomic E-state index is 2.37. The minimum atomic E-state index is -0.139. The highest BCUT2D eigenvalue weighted by molar-refractivity contribution is 6.59. The van der Waals surface area contributed by atoms with Crippen molar-refractivity contribution in [2.45, 2.75) is 44.8 Å². The van der Waals surface area contributed by atoms with Crippen LogP contribution in [-0.2, 0) is 0 Å². The van der Waals surface area contributed by atoms with Crippen LogP contribution in [0.25, 0.3) is 0 Å². The Bertz CT molecular complexity index is 72.6. The molecule has 0 aromatic rings. The second-order valence-electron chi connectivity index (χ2n) is 3.78. The van der Waals surface area contributed by atoms with Crippen LogP contribution in [0, 0.1) is 5.92 Å². The van der Waals surface area contributed by atoms with Crippen molar-refractivity contribution in [1.29, 1.82) is 0 Å². The van der Waals surface area contributed by atoms with Crippen LogP contribution in [0.15, 0.2) is 0 Å². The average Bonchev–Trinajstić information content (AvgIpc) is 2.15. The Kier molecular flexibility index (Phi) is 2.77. The summed E-state index contributed by atoms with van der Waals surface area (Å²) in [5.74, 6) is 0.986. The lowest BCUT2D eigenvalue weighted by atomic mass is 10.3. The molecule has 1 saturated heterocycles. The summed E-state index contributed by atoms with van der Waals surface area (Å²) in [6.07, 6.45) is 3.12. The van der Waals surface area contributed by atoms with Gasteiger partial charge in [-0.25, -0.2) is 0 Å². The fourth-order valence-electron chi connectivity index (χ4n) is 1.91. The predicted octanol–water partition coefficient (Wildman–Crippen LogP) is 2.66. The summed E-state index contributed by atoms with van der Waals surface area (Å²) in [5, 5.41) is 0. The van der Waals surface area contributed by atoms with Crippen LogP contribution in [0.3, 0.4) is 0 Å². The summed E-state index contributed by atoms with van der Waals surface area (Å²) in [6.45, 7) is 4.73. The third-order valence-corrected chi connectivity index (χ3v) is 6.34. The van der Waals surface area contributed by atoms with Gasteiger partial charge in [-0.05, 0) is 5.92 Å². The van der Waals surface area contributed by atoms with Gasteiger partial charge < -0.3 is 0 Å². The molecular weight excluding hydrogens is 124 g/mol. The molecule has 0 aromatic carbocycles. The average molecular weight is 142 g/mol. The molecule has 0 amide bonds. The topological polar surface area (TPSA) is 0 Å². The summed E-state index contributed by atoms with van der Waals surface area (Å²) in [7, 11) is -0.139. The minimum Gasteiger partial charge on any atom is -0.0631 e. The number of hydrogen-bond donors (Lipinski definition) is 0. The van der Waals surface area contributed by atoms with Crippen LogP contribution in [-0.4, -0.2) is 8.80 Å². The van der Waals surface area contributed by atoms with Gasteiger partial charge in [0.25, 0.3) is 0 Å². The van der Waals surface area contributed by atoms with Gasteiger partial charge in [0.05, 0.1) is 0 Å². The molecule has 0 radical (unpaired) electrons. The lowest BCUT2D eigenvalue weighted by Crippen LogP contribution is -2.08. The van der Waals surface area contributed by atoms with Crippen LogP contribution in [0.1, 0.15) is 26.7 Å². The lowest BCUT2D eigenvalue weighted by Gasteiger charge is -2.08. The van der Waals surface area contributed by atoms with E-state index in [9.17, 15) is 0 Å². The molecule has 1 heteroatoms. The fraction of sp³-hybridized carbons (Fsp3) is 1.00. The Hall–Kier alpha value is 0.217. The molecule has 0 atom stereocenters. The largest absolute Gasteiger partial charge is 0.0631 e. The van der Waals surface area contributed by atoms with Crippen LogP contribution < -0.4 is 0 Å². The van der Waals surface area contributed by atoms with E-state index in [4.69, 9.17) is 0 Å². The monoisotopic (exact) mass is 142 g/mol. The van der Waals surface area contributed by atoms with Crippen molar-refractivity contribution in [3.8, 4) is 0 Å². The first-order valence-corrected chi connectivity index (χ1v) is 6.74. The van der Waals surface area contributed by atoms with Crippen LogP contribution >= 0.6 is 0 Å². The molecule has 9 heavy (non-hydrogen) atoms. The van der Waals surface area contributed by atoms with E-state index >= 15 is 0 Å². The standard InChI is InChI=1S/C8H18Si/c1-8(2)7-9-5-3-4-6-9/h8-9H,3-7H2,1-2H3. The zero-order valence-corrected chi connectivity index (χ0v) is 7.84. The van der Waals surface area contributed by atoms with Gasteiger partial charge in [-0.1, -0.05) is 44.8 Å². The Balaban J connectivity index is 2.11. The van der Waals surface area contributed by atoms with E-state index in [1.807, 2.05) is 0 Å². The van der Waals surface area contributed by atoms with Crippen molar-refractivity contribution >= 4 is 8.80 Å². The Morgan fingerprint density at radius 3 is 2.22 bits per heavy atom. The quantitative estimate of drug-likeness (QED) is 0.520. The first-order valence-electron chi connectivity index (χ1n) is 4.29. The van der Waals surface area contributed by atoms with Crippen molar-refractivity contribution in [3.05, 3.63) is 0 Å². The zero-order valence-electron chi connectivity index (χ0n) is 6.69. The van der Waals surface area contributed by atoms with E-state index in [0.717, 1.165) is 5.92 Å². The second kappa shape index (κ2) is 3.40. The third kappa shape index (κ3) is 2.52. The Labute approximate surface area is 60.3 Å². The summed E-state index contributed by atoms with van der Waals surface area (Å²) >= 11 is 0. The minimum absolute atomic E-state index is 0.139. The van der Waals surface area contributed by atoms with Gasteiger partial charge >= 0.3 is 0 Å². The van der Waals surface area contributed by atoms with E-state index in [1.165, 1.54) is 0 Å². The van der Waals surface area contributed by atoms with E-state index in [2.05, 4.69) is 13.8 Å². The first kappa shape index (κ1) is 7.33. The number of hydrogen-bond acceptors (Lipinski definition) is 0. The highest BCUT2D eigenvalue weighted by Gasteiger charge is 2.16. The van der Waals surface area contributed by atoms with Crippen molar-refractivity contribution in [2.24, 2.45) is 5.92 Å². The molecule has 1 rings (SSSR count). The molecule has 0 N–H and O–H groups in total. The fourth-order valence-corrected chi connectivity index (χ4v) is 5.74. The molecule has 0 unspecified atom stereocenters. The molecule has 0 aromatic heterocycles. The van der Waals surface area contributed by atoms with Crippen molar-refractivity contribution < 1.29 is 0 Å². The van der Waals surface area contributed by atoms with E-state index in [0.29, 0.717) is 0 Å². The van der Waals surface area contributed by atoms with E-state index in [-0.39, 0.29) is 8.80 Å². The van der Waals surface area contributed by atoms with Gasteiger partial charge in [0.2, 0.25) is 0 Å². The summed E-state index contributed by atoms with van der Waals surface area (Å²) in [4.78, 5) is 0. The lowest BCUT2D eigenvalue weighted by molar-refractivity contribution is 0.724. The van der Waals surface area contributed by atoms with Crippen molar-refractivity contribution in [1.82, 2.24) is 0 Å². The van der Waals surface area contributed by atoms with Gasteiger partial charge in [0.1, 0.15) is 0 Å². The Morgan fingerprint density at radius 1 is 1.22 bits per heavy atom.